The van der Waals surface area contributed by atoms with Gasteiger partial charge in [0.2, 0.25) is 0 Å². The van der Waals surface area contributed by atoms with Gasteiger partial charge in [0, 0.05) is 13.5 Å². The highest BCUT2D eigenvalue weighted by Crippen LogP contribution is 2.41. The molecule has 2 unspecified atom stereocenters. The van der Waals surface area contributed by atoms with Gasteiger partial charge in [-0.2, -0.15) is 0 Å². The lowest BCUT2D eigenvalue weighted by Crippen LogP contribution is -2.29. The summed E-state index contributed by atoms with van der Waals surface area (Å²) in [7, 11) is -2.93. The average molecular weight is 387 g/mol. The van der Waals surface area contributed by atoms with Crippen molar-refractivity contribution >= 4 is 19.0 Å². The van der Waals surface area contributed by atoms with Crippen LogP contribution in [0.3, 0.4) is 0 Å². The van der Waals surface area contributed by atoms with E-state index in [1.165, 1.54) is 19.8 Å². The number of nitrogens with zero attached hydrogens (tertiary/aromatic N) is 3. The third-order valence-corrected chi connectivity index (χ3v) is 5.04. The van der Waals surface area contributed by atoms with Gasteiger partial charge in [-0.1, -0.05) is 0 Å². The fraction of sp³-hybridized carbons (Fsp3) is 0.643. The summed E-state index contributed by atoms with van der Waals surface area (Å²) in [5.74, 6) is 0. The molecule has 0 aliphatic carbocycles. The Morgan fingerprint density at radius 3 is 2.96 bits per heavy atom. The molecule has 2 aromatic heterocycles. The smallest absolute Gasteiger partial charge is 0.278 e. The van der Waals surface area contributed by atoms with Crippen molar-refractivity contribution in [3.05, 3.63) is 23.0 Å². The van der Waals surface area contributed by atoms with Crippen LogP contribution in [0.15, 0.2) is 17.4 Å². The number of methoxy groups -OCH3 is 1. The zero-order valence-corrected chi connectivity index (χ0v) is 15.4. The van der Waals surface area contributed by atoms with Crippen molar-refractivity contribution in [3.8, 4) is 0 Å². The monoisotopic (exact) mass is 387 g/mol. The first-order chi connectivity index (χ1) is 12.3. The summed E-state index contributed by atoms with van der Waals surface area (Å²) < 4.78 is 34.2. The van der Waals surface area contributed by atoms with Crippen molar-refractivity contribution in [1.82, 2.24) is 19.5 Å². The Hall–Kier alpha value is -1.62. The molecule has 11 nitrogen and oxygen atoms in total. The molecule has 0 bridgehead atoms. The van der Waals surface area contributed by atoms with Crippen LogP contribution >= 0.6 is 7.82 Å². The summed E-state index contributed by atoms with van der Waals surface area (Å²) in [6.45, 7) is 2.93. The van der Waals surface area contributed by atoms with Gasteiger partial charge in [0.25, 0.3) is 13.4 Å². The molecule has 3 rings (SSSR count). The number of fused-ring (bicyclic) bond motifs is 1. The Morgan fingerprint density at radius 1 is 1.50 bits per heavy atom. The van der Waals surface area contributed by atoms with Crippen LogP contribution in [0.4, 0.5) is 0 Å². The Balaban J connectivity index is 1.73. The number of phosphoric ester groups is 1. The van der Waals surface area contributed by atoms with E-state index in [9.17, 15) is 14.3 Å². The number of phosphoric acid groups is 1. The van der Waals surface area contributed by atoms with Gasteiger partial charge in [-0.3, -0.25) is 13.9 Å². The van der Waals surface area contributed by atoms with E-state index in [0.29, 0.717) is 12.1 Å². The molecule has 1 aliphatic heterocycles. The highest BCUT2D eigenvalue weighted by Gasteiger charge is 2.38. The van der Waals surface area contributed by atoms with Crippen LogP contribution in [0.5, 0.6) is 0 Å². The summed E-state index contributed by atoms with van der Waals surface area (Å²) in [5.41, 5.74) is 0.208. The molecule has 1 aliphatic rings. The minimum Gasteiger partial charge on any atom is -0.756 e. The normalized spacial score (nSPS) is 25.8. The summed E-state index contributed by atoms with van der Waals surface area (Å²) in [6.07, 6.45) is 1.07. The first kappa shape index (κ1) is 19.2. The molecule has 2 aromatic rings. The van der Waals surface area contributed by atoms with E-state index in [1.807, 2.05) is 0 Å². The number of hydrogen-bond donors (Lipinski definition) is 1. The molecule has 144 valence electrons. The van der Waals surface area contributed by atoms with Crippen LogP contribution in [0.1, 0.15) is 26.5 Å². The van der Waals surface area contributed by atoms with Gasteiger partial charge >= 0.3 is 0 Å². The minimum absolute atomic E-state index is 0.194. The number of ether oxygens (including phenoxy) is 2. The molecular formula is C14H20N4O7P-. The number of nitrogens with one attached hydrogen (secondary N) is 1. The minimum atomic E-state index is -4.43. The Labute approximate surface area is 148 Å². The molecule has 1 saturated heterocycles. The second-order valence-corrected chi connectivity index (χ2v) is 7.46. The van der Waals surface area contributed by atoms with E-state index in [4.69, 9.17) is 18.5 Å². The predicted octanol–water partition coefficient (Wildman–Crippen LogP) is 0.332. The summed E-state index contributed by atoms with van der Waals surface area (Å²) in [5, 5.41) is 0. The van der Waals surface area contributed by atoms with E-state index in [1.54, 1.807) is 18.4 Å². The van der Waals surface area contributed by atoms with Crippen molar-refractivity contribution in [2.24, 2.45) is 0 Å². The zero-order valence-electron chi connectivity index (χ0n) is 14.5. The van der Waals surface area contributed by atoms with Crippen molar-refractivity contribution < 1.29 is 28.0 Å². The molecule has 0 saturated carbocycles. The fourth-order valence-corrected chi connectivity index (χ4v) is 3.70. The largest absolute Gasteiger partial charge is 0.756 e. The quantitative estimate of drug-likeness (QED) is 0.665. The lowest BCUT2D eigenvalue weighted by molar-refractivity contribution is -0.231. The van der Waals surface area contributed by atoms with Crippen molar-refractivity contribution in [2.45, 2.75) is 44.8 Å². The maximum atomic E-state index is 11.8. The first-order valence-electron chi connectivity index (χ1n) is 8.03. The van der Waals surface area contributed by atoms with Gasteiger partial charge in [0.1, 0.15) is 12.3 Å². The number of aromatic amines is 1. The molecule has 0 spiro atoms. The molecule has 3 heterocycles. The summed E-state index contributed by atoms with van der Waals surface area (Å²) in [6, 6.07) is 0. The fourth-order valence-electron chi connectivity index (χ4n) is 2.80. The topological polar surface area (TPSA) is 141 Å². The van der Waals surface area contributed by atoms with Crippen LogP contribution < -0.4 is 10.5 Å². The second kappa shape index (κ2) is 7.55. The maximum absolute atomic E-state index is 11.8. The molecule has 4 atom stereocenters. The van der Waals surface area contributed by atoms with Gasteiger partial charge in [-0.15, -0.1) is 0 Å². The van der Waals surface area contributed by atoms with Gasteiger partial charge in [0.05, 0.1) is 31.5 Å². The van der Waals surface area contributed by atoms with Crippen LogP contribution in [0.2, 0.25) is 0 Å². The Morgan fingerprint density at radius 2 is 2.27 bits per heavy atom. The highest BCUT2D eigenvalue weighted by molar-refractivity contribution is 7.45. The van der Waals surface area contributed by atoms with Gasteiger partial charge in [0.15, 0.2) is 11.2 Å². The molecule has 0 amide bonds. The molecule has 26 heavy (non-hydrogen) atoms. The molecule has 1 fully saturated rings. The van der Waals surface area contributed by atoms with Gasteiger partial charge in [-0.25, -0.2) is 9.97 Å². The predicted molar refractivity (Wildman–Crippen MR) is 87.3 cm³/mol. The zero-order chi connectivity index (χ0) is 18.9. The van der Waals surface area contributed by atoms with Crippen LogP contribution in [0, 0.1) is 0 Å². The first-order valence-corrected chi connectivity index (χ1v) is 9.49. The lowest BCUT2D eigenvalue weighted by Gasteiger charge is -2.27. The van der Waals surface area contributed by atoms with E-state index >= 15 is 0 Å². The number of H-pyrrole nitrogens is 1. The molecule has 1 N–H and O–H groups in total. The standard InChI is InChI=1S/C14H21N4O7P/c1-8(2)25-26(20,21)23-5-10-9(22-3)4-11(24-10)18-7-17-12-13(18)15-6-16-14(12)19/h6-11H,4-5H2,1-3H3,(H,20,21)(H,15,16,19)/p-1/t9?,10-,11-/m1/s1. The van der Waals surface area contributed by atoms with E-state index in [2.05, 4.69) is 15.0 Å². The molecule has 0 radical (unpaired) electrons. The third kappa shape index (κ3) is 4.03. The molecular weight excluding hydrogens is 367 g/mol. The van der Waals surface area contributed by atoms with Gasteiger partial charge in [-0.05, 0) is 13.8 Å². The number of rotatable bonds is 7. The lowest BCUT2D eigenvalue weighted by atomic mass is 10.2. The van der Waals surface area contributed by atoms with E-state index in [-0.39, 0.29) is 17.7 Å². The van der Waals surface area contributed by atoms with Crippen molar-refractivity contribution in [3.63, 3.8) is 0 Å². The molecule has 0 aromatic carbocycles. The van der Waals surface area contributed by atoms with Crippen LogP contribution in [-0.2, 0) is 23.1 Å². The SMILES string of the molecule is COC1C[C@H](n2cnc3c(=O)[nH]cnc32)O[C@@H]1COP(=O)([O-])OC(C)C. The Bertz CT molecular complexity index is 866. The van der Waals surface area contributed by atoms with Crippen molar-refractivity contribution in [2.75, 3.05) is 13.7 Å². The average Bonchev–Trinajstić information content (AvgIpc) is 3.16. The maximum Gasteiger partial charge on any atom is 0.278 e. The van der Waals surface area contributed by atoms with Gasteiger partial charge < -0.3 is 28.4 Å². The number of imidazole rings is 1. The second-order valence-electron chi connectivity index (χ2n) is 6.09. The highest BCUT2D eigenvalue weighted by atomic mass is 31.2. The van der Waals surface area contributed by atoms with Crippen LogP contribution in [-0.4, -0.2) is 51.5 Å². The summed E-state index contributed by atoms with van der Waals surface area (Å²) >= 11 is 0. The third-order valence-electron chi connectivity index (χ3n) is 3.90. The number of aromatic nitrogens is 4. The van der Waals surface area contributed by atoms with Crippen molar-refractivity contribution in [1.29, 1.82) is 0 Å². The molecule has 12 heteroatoms. The Kier molecular flexibility index (Phi) is 5.56. The van der Waals surface area contributed by atoms with E-state index < -0.39 is 32.4 Å². The van der Waals surface area contributed by atoms with Crippen LogP contribution in [0.25, 0.3) is 11.2 Å². The van der Waals surface area contributed by atoms with E-state index in [0.717, 1.165) is 0 Å². The summed E-state index contributed by atoms with van der Waals surface area (Å²) in [4.78, 5) is 34.1. The number of hydrogen-bond acceptors (Lipinski definition) is 9.